The molecule has 1 heterocycles. The van der Waals surface area contributed by atoms with Crippen molar-refractivity contribution in [3.05, 3.63) is 0 Å². The number of hydrogen-bond donors (Lipinski definition) is 3. The summed E-state index contributed by atoms with van der Waals surface area (Å²) in [5.74, 6) is 0. The van der Waals surface area contributed by atoms with E-state index in [4.69, 9.17) is 18.9 Å². The van der Waals surface area contributed by atoms with Gasteiger partial charge in [0.2, 0.25) is 0 Å². The summed E-state index contributed by atoms with van der Waals surface area (Å²) in [4.78, 5) is 0. The second-order valence-corrected chi connectivity index (χ2v) is 14.4. The van der Waals surface area contributed by atoms with Gasteiger partial charge in [-0.25, -0.2) is 0 Å². The predicted molar refractivity (Wildman–Crippen MR) is 94.9 cm³/mol. The van der Waals surface area contributed by atoms with Crippen molar-refractivity contribution in [1.29, 1.82) is 0 Å². The molecule has 3 N–H and O–H groups in total. The summed E-state index contributed by atoms with van der Waals surface area (Å²) >= 11 is 0. The van der Waals surface area contributed by atoms with E-state index in [0.717, 1.165) is 6.04 Å². The van der Waals surface area contributed by atoms with Gasteiger partial charge in [-0.05, 0) is 13.0 Å². The summed E-state index contributed by atoms with van der Waals surface area (Å²) in [5, 5.41) is 32.2. The van der Waals surface area contributed by atoms with E-state index in [1.54, 1.807) is 13.8 Å². The molecule has 148 valence electrons. The molecular formula is C17H34O7Si. The number of fused-ring (bicyclic) bond motifs is 1. The third kappa shape index (κ3) is 3.82. The van der Waals surface area contributed by atoms with E-state index in [2.05, 4.69) is 19.6 Å². The van der Waals surface area contributed by atoms with Gasteiger partial charge in [-0.15, -0.1) is 0 Å². The zero-order valence-corrected chi connectivity index (χ0v) is 17.2. The quantitative estimate of drug-likeness (QED) is 0.328. The van der Waals surface area contributed by atoms with Gasteiger partial charge in [0.1, 0.15) is 30.7 Å². The highest BCUT2D eigenvalue weighted by molar-refractivity contribution is 6.76. The first-order valence-electron chi connectivity index (χ1n) is 9.01. The fourth-order valence-electron chi connectivity index (χ4n) is 3.51. The Balaban J connectivity index is 2.11. The standard InChI is InChI=1S/C17H34O7Si/c1-7-21-10-23-13-11(18)15(22-8-9-25(4,5)6)24-14-12(19)16(2,3)17(13,14)20/h11-15,18-20H,7-10H2,1-6H3/t11-,12?,13+,14+,15+,17-/m0/s1. The van der Waals surface area contributed by atoms with Crippen molar-refractivity contribution in [2.45, 2.75) is 82.8 Å². The van der Waals surface area contributed by atoms with E-state index in [0.29, 0.717) is 13.2 Å². The van der Waals surface area contributed by atoms with Crippen LogP contribution < -0.4 is 0 Å². The van der Waals surface area contributed by atoms with Crippen LogP contribution in [-0.2, 0) is 18.9 Å². The van der Waals surface area contributed by atoms with E-state index in [9.17, 15) is 15.3 Å². The molecule has 0 aromatic heterocycles. The second-order valence-electron chi connectivity index (χ2n) is 8.79. The number of rotatable bonds is 8. The summed E-state index contributed by atoms with van der Waals surface area (Å²) in [6, 6.07) is 0.924. The van der Waals surface area contributed by atoms with Crippen LogP contribution in [-0.4, -0.2) is 79.7 Å². The van der Waals surface area contributed by atoms with E-state index in [1.807, 2.05) is 6.92 Å². The molecule has 2 rings (SSSR count). The Morgan fingerprint density at radius 2 is 1.76 bits per heavy atom. The van der Waals surface area contributed by atoms with Gasteiger partial charge in [0.05, 0.1) is 6.10 Å². The molecule has 6 atom stereocenters. The molecule has 0 bridgehead atoms. The van der Waals surface area contributed by atoms with Crippen LogP contribution in [0.2, 0.25) is 25.7 Å². The highest BCUT2D eigenvalue weighted by Gasteiger charge is 2.75. The van der Waals surface area contributed by atoms with Gasteiger partial charge in [-0.2, -0.15) is 0 Å². The molecular weight excluding hydrogens is 344 g/mol. The van der Waals surface area contributed by atoms with E-state index >= 15 is 0 Å². The molecule has 25 heavy (non-hydrogen) atoms. The number of ether oxygens (including phenoxy) is 4. The van der Waals surface area contributed by atoms with E-state index < -0.39 is 49.8 Å². The monoisotopic (exact) mass is 378 g/mol. The number of hydrogen-bond acceptors (Lipinski definition) is 7. The van der Waals surface area contributed by atoms with Crippen molar-refractivity contribution in [3.8, 4) is 0 Å². The van der Waals surface area contributed by atoms with Crippen molar-refractivity contribution in [1.82, 2.24) is 0 Å². The minimum Gasteiger partial charge on any atom is -0.390 e. The molecule has 0 radical (unpaired) electrons. The highest BCUT2D eigenvalue weighted by Crippen LogP contribution is 2.57. The van der Waals surface area contributed by atoms with Crippen LogP contribution in [0.1, 0.15) is 20.8 Å². The highest BCUT2D eigenvalue weighted by atomic mass is 28.3. The lowest BCUT2D eigenvalue weighted by Crippen LogP contribution is -2.85. The molecule has 0 amide bonds. The lowest BCUT2D eigenvalue weighted by Gasteiger charge is -2.67. The maximum atomic E-state index is 11.2. The topological polar surface area (TPSA) is 97.6 Å². The fourth-order valence-corrected chi connectivity index (χ4v) is 4.24. The van der Waals surface area contributed by atoms with Crippen LogP contribution in [0.25, 0.3) is 0 Å². The Hall–Kier alpha value is -0.0631. The zero-order valence-electron chi connectivity index (χ0n) is 16.2. The summed E-state index contributed by atoms with van der Waals surface area (Å²) in [6.07, 6.45) is -4.82. The first kappa shape index (κ1) is 21.2. The van der Waals surface area contributed by atoms with Gasteiger partial charge in [-0.3, -0.25) is 0 Å². The van der Waals surface area contributed by atoms with Crippen LogP contribution in [0.15, 0.2) is 0 Å². The van der Waals surface area contributed by atoms with Crippen molar-refractivity contribution in [2.75, 3.05) is 20.0 Å². The van der Waals surface area contributed by atoms with Crippen LogP contribution in [0.5, 0.6) is 0 Å². The molecule has 0 aromatic rings. The molecule has 1 saturated carbocycles. The molecule has 0 aromatic carbocycles. The Morgan fingerprint density at radius 1 is 1.12 bits per heavy atom. The van der Waals surface area contributed by atoms with Gasteiger partial charge in [0.15, 0.2) is 6.29 Å². The summed E-state index contributed by atoms with van der Waals surface area (Å²) in [5.41, 5.74) is -2.39. The molecule has 1 aliphatic heterocycles. The molecule has 1 unspecified atom stereocenters. The van der Waals surface area contributed by atoms with Crippen molar-refractivity contribution in [3.63, 3.8) is 0 Å². The van der Waals surface area contributed by atoms with Crippen LogP contribution in [0.3, 0.4) is 0 Å². The molecule has 2 aliphatic rings. The Morgan fingerprint density at radius 3 is 2.32 bits per heavy atom. The van der Waals surface area contributed by atoms with Crippen LogP contribution >= 0.6 is 0 Å². The SMILES string of the molecule is CCOCO[C@@H]1[C@H](O)[C@H](OCC[Si](C)(C)C)O[C@@H]2C(O)C(C)(C)[C@@]21O. The van der Waals surface area contributed by atoms with Crippen molar-refractivity contribution >= 4 is 8.07 Å². The third-order valence-corrected chi connectivity index (χ3v) is 7.17. The van der Waals surface area contributed by atoms with Gasteiger partial charge in [0, 0.05) is 26.7 Å². The van der Waals surface area contributed by atoms with Gasteiger partial charge < -0.3 is 34.3 Å². The van der Waals surface area contributed by atoms with Crippen molar-refractivity contribution in [2.24, 2.45) is 5.41 Å². The lowest BCUT2D eigenvalue weighted by molar-refractivity contribution is -0.429. The smallest absolute Gasteiger partial charge is 0.186 e. The minimum atomic E-state index is -1.51. The maximum absolute atomic E-state index is 11.2. The van der Waals surface area contributed by atoms with Crippen molar-refractivity contribution < 1.29 is 34.3 Å². The normalized spacial score (nSPS) is 40.4. The third-order valence-electron chi connectivity index (χ3n) is 5.46. The van der Waals surface area contributed by atoms with Gasteiger partial charge in [0.25, 0.3) is 0 Å². The Bertz CT molecular complexity index is 453. The molecule has 8 heteroatoms. The summed E-state index contributed by atoms with van der Waals surface area (Å²) < 4.78 is 22.3. The lowest BCUT2D eigenvalue weighted by atomic mass is 9.50. The molecule has 2 fully saturated rings. The van der Waals surface area contributed by atoms with Crippen LogP contribution in [0.4, 0.5) is 0 Å². The van der Waals surface area contributed by atoms with E-state index in [1.165, 1.54) is 0 Å². The maximum Gasteiger partial charge on any atom is 0.186 e. The van der Waals surface area contributed by atoms with Crippen LogP contribution in [0, 0.1) is 5.41 Å². The Kier molecular flexibility index (Phi) is 6.38. The predicted octanol–water partition coefficient (Wildman–Crippen LogP) is 0.938. The molecule has 7 nitrogen and oxygen atoms in total. The summed E-state index contributed by atoms with van der Waals surface area (Å²) in [6.45, 7) is 12.9. The average molecular weight is 379 g/mol. The molecule has 0 spiro atoms. The first-order valence-corrected chi connectivity index (χ1v) is 12.7. The second kappa shape index (κ2) is 7.51. The Labute approximate surface area is 151 Å². The average Bonchev–Trinajstić information content (AvgIpc) is 2.51. The van der Waals surface area contributed by atoms with Gasteiger partial charge >= 0.3 is 0 Å². The largest absolute Gasteiger partial charge is 0.390 e. The fraction of sp³-hybridized carbons (Fsp3) is 1.00. The van der Waals surface area contributed by atoms with Gasteiger partial charge in [-0.1, -0.05) is 33.5 Å². The number of aliphatic hydroxyl groups excluding tert-OH is 2. The van der Waals surface area contributed by atoms with E-state index in [-0.39, 0.29) is 6.79 Å². The first-order chi connectivity index (χ1) is 11.5. The summed E-state index contributed by atoms with van der Waals surface area (Å²) in [7, 11) is -1.29. The number of aliphatic hydroxyl groups is 3. The minimum absolute atomic E-state index is 0.0545. The zero-order chi connectivity index (χ0) is 19.0. The molecule has 1 saturated heterocycles. The molecule has 1 aliphatic carbocycles.